The van der Waals surface area contributed by atoms with Crippen molar-refractivity contribution in [3.63, 3.8) is 0 Å². The van der Waals surface area contributed by atoms with Crippen molar-refractivity contribution in [3.8, 4) is 5.75 Å². The van der Waals surface area contributed by atoms with Gasteiger partial charge in [0.1, 0.15) is 16.3 Å². The second-order valence-electron chi connectivity index (χ2n) is 2.89. The van der Waals surface area contributed by atoms with Crippen molar-refractivity contribution >= 4 is 28.6 Å². The zero-order chi connectivity index (χ0) is 10.6. The lowest BCUT2D eigenvalue weighted by Crippen LogP contribution is -2.13. The van der Waals surface area contributed by atoms with Gasteiger partial charge in [-0.15, -0.1) is 0 Å². The third-order valence-electron chi connectivity index (χ3n) is 1.64. The molecule has 4 heteroatoms. The third kappa shape index (κ3) is 3.53. The van der Waals surface area contributed by atoms with E-state index >= 15 is 0 Å². The number of alkyl halides is 1. The van der Waals surface area contributed by atoms with Crippen molar-refractivity contribution in [2.45, 2.75) is 17.5 Å². The first-order valence-corrected chi connectivity index (χ1v) is 5.43. The lowest BCUT2D eigenvalue weighted by atomic mass is 10.2. The van der Waals surface area contributed by atoms with Gasteiger partial charge in [0, 0.05) is 0 Å². The van der Waals surface area contributed by atoms with Gasteiger partial charge in [-0.1, -0.05) is 34.7 Å². The summed E-state index contributed by atoms with van der Waals surface area (Å²) in [5, 5.41) is 9.01. The van der Waals surface area contributed by atoms with E-state index in [2.05, 4.69) is 0 Å². The highest BCUT2D eigenvalue weighted by molar-refractivity contribution is 14.1. The predicted molar refractivity (Wildman–Crippen MR) is 61.4 cm³/mol. The van der Waals surface area contributed by atoms with Crippen LogP contribution in [-0.2, 0) is 16.1 Å². The van der Waals surface area contributed by atoms with Crippen LogP contribution in [0.2, 0.25) is 0 Å². The van der Waals surface area contributed by atoms with E-state index in [-0.39, 0.29) is 22.3 Å². The second kappa shape index (κ2) is 5.19. The highest BCUT2D eigenvalue weighted by Gasteiger charge is 2.09. The second-order valence-corrected chi connectivity index (χ2v) is 4.76. The van der Waals surface area contributed by atoms with Crippen LogP contribution >= 0.6 is 22.6 Å². The van der Waals surface area contributed by atoms with Crippen LogP contribution < -0.4 is 0 Å². The Morgan fingerprint density at radius 1 is 1.50 bits per heavy atom. The number of carbonyl (C=O) groups is 1. The molecule has 0 aliphatic heterocycles. The number of phenolic OH excluding ortho intramolecular Hbond substituents is 1. The van der Waals surface area contributed by atoms with Gasteiger partial charge in [-0.3, -0.25) is 4.79 Å². The van der Waals surface area contributed by atoms with E-state index in [9.17, 15) is 4.79 Å². The SMILES string of the molecule is CC(I)C(=O)OCc1ccc(O)cc1. The van der Waals surface area contributed by atoms with Gasteiger partial charge < -0.3 is 9.84 Å². The molecule has 0 fully saturated rings. The smallest absolute Gasteiger partial charge is 0.318 e. The normalized spacial score (nSPS) is 12.1. The Morgan fingerprint density at radius 3 is 2.57 bits per heavy atom. The molecule has 0 saturated heterocycles. The van der Waals surface area contributed by atoms with Crippen LogP contribution in [0.5, 0.6) is 5.75 Å². The van der Waals surface area contributed by atoms with Crippen molar-refractivity contribution < 1.29 is 14.6 Å². The number of aromatic hydroxyl groups is 1. The van der Waals surface area contributed by atoms with Crippen LogP contribution in [0.4, 0.5) is 0 Å². The van der Waals surface area contributed by atoms with Gasteiger partial charge in [-0.25, -0.2) is 0 Å². The molecule has 0 spiro atoms. The van der Waals surface area contributed by atoms with Crippen LogP contribution in [0.15, 0.2) is 24.3 Å². The summed E-state index contributed by atoms with van der Waals surface area (Å²) >= 11 is 2.00. The Balaban J connectivity index is 2.46. The fraction of sp³-hybridized carbons (Fsp3) is 0.300. The molecular weight excluding hydrogens is 295 g/mol. The fourth-order valence-electron chi connectivity index (χ4n) is 0.861. The predicted octanol–water partition coefficient (Wildman–Crippen LogP) is 2.26. The van der Waals surface area contributed by atoms with Gasteiger partial charge >= 0.3 is 5.97 Å². The molecule has 76 valence electrons. The lowest BCUT2D eigenvalue weighted by molar-refractivity contribution is -0.143. The minimum absolute atomic E-state index is 0.135. The molecular formula is C10H11IO3. The van der Waals surface area contributed by atoms with Crippen LogP contribution in [0, 0.1) is 0 Å². The quantitative estimate of drug-likeness (QED) is 0.529. The summed E-state index contributed by atoms with van der Waals surface area (Å²) in [5.74, 6) is -0.0130. The van der Waals surface area contributed by atoms with E-state index in [1.807, 2.05) is 22.6 Å². The average Bonchev–Trinajstić information content (AvgIpc) is 2.16. The molecule has 0 bridgehead atoms. The van der Waals surface area contributed by atoms with E-state index in [0.29, 0.717) is 0 Å². The Kier molecular flexibility index (Phi) is 4.19. The molecule has 0 aliphatic carbocycles. The first-order valence-electron chi connectivity index (χ1n) is 4.18. The topological polar surface area (TPSA) is 46.5 Å². The molecule has 14 heavy (non-hydrogen) atoms. The molecule has 1 aromatic carbocycles. The number of carbonyl (C=O) groups excluding carboxylic acids is 1. The summed E-state index contributed by atoms with van der Waals surface area (Å²) in [4.78, 5) is 11.1. The molecule has 1 atom stereocenters. The first-order chi connectivity index (χ1) is 6.59. The summed E-state index contributed by atoms with van der Waals surface area (Å²) in [6, 6.07) is 6.58. The maximum Gasteiger partial charge on any atom is 0.318 e. The van der Waals surface area contributed by atoms with Gasteiger partial charge in [0.15, 0.2) is 0 Å². The largest absolute Gasteiger partial charge is 0.508 e. The van der Waals surface area contributed by atoms with Crippen molar-refractivity contribution in [1.29, 1.82) is 0 Å². The molecule has 1 aromatic rings. The van der Waals surface area contributed by atoms with Crippen LogP contribution in [0.1, 0.15) is 12.5 Å². The summed E-state index contributed by atoms with van der Waals surface area (Å²) in [6.07, 6.45) is 0. The Labute approximate surface area is 96.2 Å². The number of hydrogen-bond acceptors (Lipinski definition) is 3. The fourth-order valence-corrected chi connectivity index (χ4v) is 1.04. The van der Waals surface area contributed by atoms with Crippen LogP contribution in [-0.4, -0.2) is 15.0 Å². The highest BCUT2D eigenvalue weighted by atomic mass is 127. The number of rotatable bonds is 3. The van der Waals surface area contributed by atoms with Gasteiger partial charge in [0.25, 0.3) is 0 Å². The molecule has 1 N–H and O–H groups in total. The van der Waals surface area contributed by atoms with Crippen molar-refractivity contribution in [2.75, 3.05) is 0 Å². The highest BCUT2D eigenvalue weighted by Crippen LogP contribution is 2.11. The molecule has 1 unspecified atom stereocenters. The molecule has 0 aliphatic rings. The van der Waals surface area contributed by atoms with Crippen LogP contribution in [0.25, 0.3) is 0 Å². The van der Waals surface area contributed by atoms with Gasteiger partial charge in [0.05, 0.1) is 0 Å². The van der Waals surface area contributed by atoms with E-state index in [1.165, 1.54) is 0 Å². The zero-order valence-electron chi connectivity index (χ0n) is 7.74. The summed E-state index contributed by atoms with van der Waals surface area (Å²) < 4.78 is 4.87. The average molecular weight is 306 g/mol. The summed E-state index contributed by atoms with van der Waals surface area (Å²) in [7, 11) is 0. The summed E-state index contributed by atoms with van der Waals surface area (Å²) in [6.45, 7) is 2.03. The van der Waals surface area contributed by atoms with E-state index < -0.39 is 0 Å². The third-order valence-corrected chi connectivity index (χ3v) is 2.15. The number of phenols is 1. The first kappa shape index (κ1) is 11.3. The van der Waals surface area contributed by atoms with E-state index in [0.717, 1.165) is 5.56 Å². The number of ether oxygens (including phenoxy) is 1. The lowest BCUT2D eigenvalue weighted by Gasteiger charge is -2.05. The standard InChI is InChI=1S/C10H11IO3/c1-7(11)10(13)14-6-8-2-4-9(12)5-3-8/h2-5,7,12H,6H2,1H3. The minimum atomic E-state index is -0.223. The number of esters is 1. The number of benzene rings is 1. The van der Waals surface area contributed by atoms with Gasteiger partial charge in [0.2, 0.25) is 0 Å². The van der Waals surface area contributed by atoms with Gasteiger partial charge in [-0.2, -0.15) is 0 Å². The molecule has 3 nitrogen and oxygen atoms in total. The Morgan fingerprint density at radius 2 is 2.07 bits per heavy atom. The van der Waals surface area contributed by atoms with Gasteiger partial charge in [-0.05, 0) is 24.6 Å². The number of hydrogen-bond donors (Lipinski definition) is 1. The van der Waals surface area contributed by atoms with Crippen molar-refractivity contribution in [1.82, 2.24) is 0 Å². The van der Waals surface area contributed by atoms with E-state index in [4.69, 9.17) is 9.84 Å². The van der Waals surface area contributed by atoms with Crippen LogP contribution in [0.3, 0.4) is 0 Å². The minimum Gasteiger partial charge on any atom is -0.508 e. The monoisotopic (exact) mass is 306 g/mol. The molecule has 1 rings (SSSR count). The number of halogens is 1. The molecule has 0 amide bonds. The molecule has 0 saturated carbocycles. The Bertz CT molecular complexity index is 306. The van der Waals surface area contributed by atoms with E-state index in [1.54, 1.807) is 31.2 Å². The summed E-state index contributed by atoms with van der Waals surface area (Å²) in [5.41, 5.74) is 0.869. The maximum absolute atomic E-state index is 11.1. The zero-order valence-corrected chi connectivity index (χ0v) is 9.89. The Hall–Kier alpha value is -0.780. The molecule has 0 heterocycles. The van der Waals surface area contributed by atoms with Crippen molar-refractivity contribution in [2.24, 2.45) is 0 Å². The van der Waals surface area contributed by atoms with Crippen molar-refractivity contribution in [3.05, 3.63) is 29.8 Å². The molecule has 0 aromatic heterocycles. The maximum atomic E-state index is 11.1. The molecule has 0 radical (unpaired) electrons.